The number of hydrogen-bond donors (Lipinski definition) is 2. The molecule has 2 aliphatic heterocycles. The monoisotopic (exact) mass is 325 g/mol. The van der Waals surface area contributed by atoms with E-state index in [2.05, 4.69) is 22.5 Å². The molecular weight excluding hydrogens is 297 g/mol. The third-order valence-corrected chi connectivity index (χ3v) is 4.38. The second-order valence-electron chi connectivity index (χ2n) is 5.61. The van der Waals surface area contributed by atoms with Gasteiger partial charge in [-0.2, -0.15) is 0 Å². The molecule has 20 heavy (non-hydrogen) atoms. The molecule has 120 valence electrons. The molecule has 1 amide bonds. The molecule has 0 saturated carbocycles. The van der Waals surface area contributed by atoms with Gasteiger partial charge in [0.25, 0.3) is 0 Å². The van der Waals surface area contributed by atoms with Gasteiger partial charge in [0.05, 0.1) is 6.04 Å². The van der Waals surface area contributed by atoms with Crippen LogP contribution in [-0.4, -0.2) is 49.6 Å². The maximum Gasteiger partial charge on any atom is 0.237 e. The molecule has 2 aliphatic rings. The number of carbonyl (C=O) groups is 1. The number of rotatable bonds is 5. The summed E-state index contributed by atoms with van der Waals surface area (Å²) in [6.07, 6.45) is 5.88. The fourth-order valence-corrected chi connectivity index (χ4v) is 3.02. The van der Waals surface area contributed by atoms with Gasteiger partial charge in [0.1, 0.15) is 0 Å². The maximum absolute atomic E-state index is 11.8. The van der Waals surface area contributed by atoms with Crippen molar-refractivity contribution in [2.75, 3.05) is 32.7 Å². The molecule has 2 rings (SSSR count). The molecule has 0 aromatic rings. The molecule has 4 nitrogen and oxygen atoms in total. The van der Waals surface area contributed by atoms with Crippen molar-refractivity contribution in [3.63, 3.8) is 0 Å². The molecule has 0 radical (unpaired) electrons. The summed E-state index contributed by atoms with van der Waals surface area (Å²) in [7, 11) is 0. The highest BCUT2D eigenvalue weighted by Gasteiger charge is 2.22. The Morgan fingerprint density at radius 1 is 1.25 bits per heavy atom. The van der Waals surface area contributed by atoms with Gasteiger partial charge in [0.15, 0.2) is 0 Å². The summed E-state index contributed by atoms with van der Waals surface area (Å²) >= 11 is 0. The highest BCUT2D eigenvalue weighted by molar-refractivity contribution is 5.85. The van der Waals surface area contributed by atoms with Crippen molar-refractivity contribution in [2.45, 2.75) is 45.1 Å². The number of nitrogens with one attached hydrogen (secondary N) is 2. The van der Waals surface area contributed by atoms with Gasteiger partial charge in [0, 0.05) is 6.54 Å². The van der Waals surface area contributed by atoms with E-state index in [1.54, 1.807) is 0 Å². The number of likely N-dealkylation sites (tertiary alicyclic amines) is 1. The van der Waals surface area contributed by atoms with Crippen LogP contribution in [0.3, 0.4) is 0 Å². The van der Waals surface area contributed by atoms with Crippen LogP contribution in [0, 0.1) is 5.92 Å². The van der Waals surface area contributed by atoms with Crippen molar-refractivity contribution in [1.82, 2.24) is 15.5 Å². The van der Waals surface area contributed by atoms with Gasteiger partial charge in [0.2, 0.25) is 5.91 Å². The zero-order valence-corrected chi connectivity index (χ0v) is 14.0. The number of carbonyl (C=O) groups excluding carboxylic acids is 1. The Bertz CT molecular complexity index is 265. The van der Waals surface area contributed by atoms with E-state index >= 15 is 0 Å². The maximum atomic E-state index is 11.8. The molecule has 1 atom stereocenters. The number of halogens is 2. The second kappa shape index (κ2) is 10.7. The van der Waals surface area contributed by atoms with Crippen LogP contribution in [0.4, 0.5) is 0 Å². The lowest BCUT2D eigenvalue weighted by Crippen LogP contribution is -2.41. The van der Waals surface area contributed by atoms with Crippen molar-refractivity contribution < 1.29 is 4.79 Å². The Kier molecular flexibility index (Phi) is 10.6. The van der Waals surface area contributed by atoms with E-state index in [1.807, 2.05) is 0 Å². The van der Waals surface area contributed by atoms with E-state index in [1.165, 1.54) is 32.5 Å². The minimum atomic E-state index is 0. The molecule has 0 bridgehead atoms. The van der Waals surface area contributed by atoms with Crippen LogP contribution in [0.1, 0.15) is 39.0 Å². The second-order valence-corrected chi connectivity index (χ2v) is 5.61. The smallest absolute Gasteiger partial charge is 0.237 e. The molecule has 2 N–H and O–H groups in total. The first-order chi connectivity index (χ1) is 8.79. The molecule has 2 fully saturated rings. The molecule has 0 aliphatic carbocycles. The van der Waals surface area contributed by atoms with Gasteiger partial charge in [-0.1, -0.05) is 6.92 Å². The number of nitrogens with zero attached hydrogens (tertiary/aromatic N) is 1. The lowest BCUT2D eigenvalue weighted by molar-refractivity contribution is -0.122. The van der Waals surface area contributed by atoms with Crippen LogP contribution in [0.25, 0.3) is 0 Å². The molecule has 1 unspecified atom stereocenters. The predicted molar refractivity (Wildman–Crippen MR) is 88.0 cm³/mol. The molecule has 0 spiro atoms. The number of piperidine rings is 1. The van der Waals surface area contributed by atoms with Crippen molar-refractivity contribution in [1.29, 1.82) is 0 Å². The van der Waals surface area contributed by atoms with E-state index in [-0.39, 0.29) is 36.8 Å². The van der Waals surface area contributed by atoms with Crippen molar-refractivity contribution in [3.8, 4) is 0 Å². The average molecular weight is 326 g/mol. The van der Waals surface area contributed by atoms with E-state index in [9.17, 15) is 4.79 Å². The van der Waals surface area contributed by atoms with E-state index in [0.717, 1.165) is 38.3 Å². The Morgan fingerprint density at radius 3 is 2.50 bits per heavy atom. The first-order valence-electron chi connectivity index (χ1n) is 7.53. The third-order valence-electron chi connectivity index (χ3n) is 4.38. The summed E-state index contributed by atoms with van der Waals surface area (Å²) in [6, 6.07) is 0.0759. The highest BCUT2D eigenvalue weighted by atomic mass is 35.5. The summed E-state index contributed by atoms with van der Waals surface area (Å²) in [5.41, 5.74) is 0. The largest absolute Gasteiger partial charge is 0.355 e. The summed E-state index contributed by atoms with van der Waals surface area (Å²) in [5, 5.41) is 6.32. The lowest BCUT2D eigenvalue weighted by atomic mass is 9.93. The number of amides is 1. The zero-order chi connectivity index (χ0) is 12.8. The van der Waals surface area contributed by atoms with Crippen LogP contribution in [0.15, 0.2) is 0 Å². The van der Waals surface area contributed by atoms with Crippen LogP contribution in [-0.2, 0) is 4.79 Å². The molecule has 6 heteroatoms. The first kappa shape index (κ1) is 20.0. The molecule has 2 saturated heterocycles. The third kappa shape index (κ3) is 6.17. The minimum Gasteiger partial charge on any atom is -0.355 e. The molecular formula is C14H29Cl2N3O. The molecule has 0 aromatic carbocycles. The van der Waals surface area contributed by atoms with Crippen LogP contribution in [0.2, 0.25) is 0 Å². The lowest BCUT2D eigenvalue weighted by Gasteiger charge is -2.31. The van der Waals surface area contributed by atoms with Crippen molar-refractivity contribution in [3.05, 3.63) is 0 Å². The van der Waals surface area contributed by atoms with Gasteiger partial charge in [-0.3, -0.25) is 4.79 Å². The fraction of sp³-hybridized carbons (Fsp3) is 0.929. The van der Waals surface area contributed by atoms with E-state index in [4.69, 9.17) is 0 Å². The Morgan fingerprint density at radius 2 is 1.95 bits per heavy atom. The summed E-state index contributed by atoms with van der Waals surface area (Å²) < 4.78 is 0. The van der Waals surface area contributed by atoms with Crippen molar-refractivity contribution >= 4 is 30.7 Å². The minimum absolute atomic E-state index is 0. The van der Waals surface area contributed by atoms with Gasteiger partial charge < -0.3 is 15.5 Å². The predicted octanol–water partition coefficient (Wildman–Crippen LogP) is 1.82. The van der Waals surface area contributed by atoms with Gasteiger partial charge >= 0.3 is 0 Å². The first-order valence-corrected chi connectivity index (χ1v) is 7.53. The summed E-state index contributed by atoms with van der Waals surface area (Å²) in [6.45, 7) is 7.73. The average Bonchev–Trinajstić information content (AvgIpc) is 2.93. The van der Waals surface area contributed by atoms with Gasteiger partial charge in [-0.25, -0.2) is 0 Å². The van der Waals surface area contributed by atoms with E-state index < -0.39 is 0 Å². The summed E-state index contributed by atoms with van der Waals surface area (Å²) in [4.78, 5) is 14.3. The summed E-state index contributed by atoms with van der Waals surface area (Å²) in [5.74, 6) is 1.02. The fourth-order valence-electron chi connectivity index (χ4n) is 3.02. The number of hydrogen-bond acceptors (Lipinski definition) is 3. The van der Waals surface area contributed by atoms with Crippen LogP contribution >= 0.6 is 24.8 Å². The highest BCUT2D eigenvalue weighted by Crippen LogP contribution is 2.19. The van der Waals surface area contributed by atoms with E-state index in [0.29, 0.717) is 0 Å². The van der Waals surface area contributed by atoms with Crippen LogP contribution < -0.4 is 10.6 Å². The van der Waals surface area contributed by atoms with Gasteiger partial charge in [-0.05, 0) is 64.2 Å². The van der Waals surface area contributed by atoms with Crippen LogP contribution in [0.5, 0.6) is 0 Å². The topological polar surface area (TPSA) is 44.4 Å². The zero-order valence-electron chi connectivity index (χ0n) is 12.4. The molecule has 0 aromatic heterocycles. The standard InChI is InChI=1S/C14H27N3O.2ClH/c1-2-17-10-6-12(7-11-17)5-9-16-14(18)13-4-3-8-15-13;;/h12-13,15H,2-11H2,1H3,(H,16,18);2*1H. The quantitative estimate of drug-likeness (QED) is 0.810. The SMILES string of the molecule is CCN1CCC(CCNC(=O)C2CCCN2)CC1.Cl.Cl. The molecule has 2 heterocycles. The van der Waals surface area contributed by atoms with Gasteiger partial charge in [-0.15, -0.1) is 24.8 Å². The normalized spacial score (nSPS) is 23.8. The Hall–Kier alpha value is -0.0300. The Balaban J connectivity index is 0.00000180. The van der Waals surface area contributed by atoms with Crippen molar-refractivity contribution in [2.24, 2.45) is 5.92 Å². The Labute approximate surface area is 135 Å².